The Bertz CT molecular complexity index is 530. The van der Waals surface area contributed by atoms with E-state index in [-0.39, 0.29) is 5.82 Å². The van der Waals surface area contributed by atoms with Crippen molar-refractivity contribution in [2.24, 2.45) is 0 Å². The molecule has 0 aliphatic rings. The number of pyridine rings is 1. The molecular weight excluding hydrogens is 312 g/mol. The first-order valence-electron chi connectivity index (χ1n) is 4.64. The van der Waals surface area contributed by atoms with Gasteiger partial charge >= 0.3 is 5.97 Å². The van der Waals surface area contributed by atoms with Crippen LogP contribution in [-0.4, -0.2) is 30.2 Å². The summed E-state index contributed by atoms with van der Waals surface area (Å²) in [7, 11) is -3.67. The van der Waals surface area contributed by atoms with Gasteiger partial charge in [0, 0.05) is 10.7 Å². The molecule has 0 saturated heterocycles. The predicted molar refractivity (Wildman–Crippen MR) is 66.3 cm³/mol. The molecular formula is C9H11BrN2O4S. The van der Waals surface area contributed by atoms with Crippen LogP contribution in [0.5, 0.6) is 0 Å². The third kappa shape index (κ3) is 4.70. The molecule has 8 heteroatoms. The van der Waals surface area contributed by atoms with Gasteiger partial charge in [-0.2, -0.15) is 0 Å². The fourth-order valence-electron chi connectivity index (χ4n) is 1.07. The average Bonchev–Trinajstić information content (AvgIpc) is 2.20. The first-order valence-corrected chi connectivity index (χ1v) is 7.09. The van der Waals surface area contributed by atoms with E-state index in [1.807, 2.05) is 0 Å². The number of halogens is 1. The Morgan fingerprint density at radius 1 is 1.59 bits per heavy atom. The second-order valence-electron chi connectivity index (χ2n) is 3.38. The molecule has 0 fully saturated rings. The van der Waals surface area contributed by atoms with E-state index in [1.165, 1.54) is 6.20 Å². The van der Waals surface area contributed by atoms with Crippen LogP contribution >= 0.6 is 15.9 Å². The van der Waals surface area contributed by atoms with Crippen molar-refractivity contribution in [1.29, 1.82) is 0 Å². The summed E-state index contributed by atoms with van der Waals surface area (Å²) in [5.74, 6) is -1.42. The largest absolute Gasteiger partial charge is 0.481 e. The maximum atomic E-state index is 11.5. The van der Waals surface area contributed by atoms with E-state index < -0.39 is 28.2 Å². The summed E-state index contributed by atoms with van der Waals surface area (Å²) in [5, 5.41) is 8.42. The summed E-state index contributed by atoms with van der Waals surface area (Å²) >= 11 is 3.21. The highest BCUT2D eigenvalue weighted by Gasteiger charge is 2.14. The van der Waals surface area contributed by atoms with E-state index in [9.17, 15) is 13.2 Å². The van der Waals surface area contributed by atoms with Gasteiger partial charge in [0.15, 0.2) is 0 Å². The number of hydrogen-bond acceptors (Lipinski definition) is 4. The highest BCUT2D eigenvalue weighted by molar-refractivity contribution is 9.10. The molecule has 0 aromatic carbocycles. The van der Waals surface area contributed by atoms with Gasteiger partial charge in [0.25, 0.3) is 0 Å². The quantitative estimate of drug-likeness (QED) is 0.853. The van der Waals surface area contributed by atoms with E-state index >= 15 is 0 Å². The number of aliphatic carboxylic acids is 1. The average molecular weight is 323 g/mol. The lowest BCUT2D eigenvalue weighted by molar-refractivity contribution is -0.136. The Morgan fingerprint density at radius 3 is 2.76 bits per heavy atom. The summed E-state index contributed by atoms with van der Waals surface area (Å²) in [5.41, 5.74) is 0.651. The first-order chi connectivity index (χ1) is 7.80. The highest BCUT2D eigenvalue weighted by Crippen LogP contribution is 2.17. The zero-order valence-corrected chi connectivity index (χ0v) is 11.4. The van der Waals surface area contributed by atoms with Gasteiger partial charge in [0.1, 0.15) is 5.82 Å². The van der Waals surface area contributed by atoms with Crippen molar-refractivity contribution in [3.05, 3.63) is 22.3 Å². The van der Waals surface area contributed by atoms with Crippen molar-refractivity contribution in [1.82, 2.24) is 4.98 Å². The van der Waals surface area contributed by atoms with Crippen LogP contribution in [0.15, 0.2) is 16.7 Å². The van der Waals surface area contributed by atoms with Gasteiger partial charge in [0.2, 0.25) is 10.0 Å². The van der Waals surface area contributed by atoms with Gasteiger partial charge in [0.05, 0.1) is 12.2 Å². The number of nitrogens with zero attached hydrogens (tertiary/aromatic N) is 1. The van der Waals surface area contributed by atoms with Crippen molar-refractivity contribution in [2.45, 2.75) is 13.3 Å². The number of aromatic nitrogens is 1. The first kappa shape index (κ1) is 13.9. The third-order valence-corrected chi connectivity index (χ3v) is 3.56. The minimum absolute atomic E-state index is 0.207. The normalized spacial score (nSPS) is 11.2. The lowest BCUT2D eigenvalue weighted by atomic mass is 10.3. The smallest absolute Gasteiger partial charge is 0.304 e. The van der Waals surface area contributed by atoms with Crippen LogP contribution in [0.25, 0.3) is 0 Å². The van der Waals surface area contributed by atoms with Crippen LogP contribution in [0.3, 0.4) is 0 Å². The van der Waals surface area contributed by atoms with Gasteiger partial charge in [-0.15, -0.1) is 0 Å². The molecule has 94 valence electrons. The van der Waals surface area contributed by atoms with Gasteiger partial charge in [-0.3, -0.25) is 9.52 Å². The number of carboxylic acid groups (broad SMARTS) is 1. The number of rotatable bonds is 5. The molecule has 0 amide bonds. The number of anilines is 1. The Kier molecular flexibility index (Phi) is 4.47. The summed E-state index contributed by atoms with van der Waals surface area (Å²) in [4.78, 5) is 14.2. The lowest BCUT2D eigenvalue weighted by Crippen LogP contribution is -2.20. The van der Waals surface area contributed by atoms with E-state index in [4.69, 9.17) is 5.11 Å². The number of sulfonamides is 1. The minimum Gasteiger partial charge on any atom is -0.481 e. The van der Waals surface area contributed by atoms with Crippen molar-refractivity contribution in [3.63, 3.8) is 0 Å². The SMILES string of the molecule is Cc1cc(Br)cnc1NS(=O)(=O)CCC(=O)O. The van der Waals surface area contributed by atoms with Crippen LogP contribution in [0.4, 0.5) is 5.82 Å². The molecule has 0 radical (unpaired) electrons. The van der Waals surface area contributed by atoms with Crippen molar-refractivity contribution >= 4 is 37.7 Å². The summed E-state index contributed by atoms with van der Waals surface area (Å²) in [6.45, 7) is 1.70. The molecule has 1 rings (SSSR count). The molecule has 17 heavy (non-hydrogen) atoms. The number of aryl methyl sites for hydroxylation is 1. The van der Waals surface area contributed by atoms with Crippen molar-refractivity contribution in [3.8, 4) is 0 Å². The monoisotopic (exact) mass is 322 g/mol. The highest BCUT2D eigenvalue weighted by atomic mass is 79.9. The number of hydrogen-bond donors (Lipinski definition) is 2. The number of carbonyl (C=O) groups is 1. The van der Waals surface area contributed by atoms with Crippen LogP contribution in [-0.2, 0) is 14.8 Å². The van der Waals surface area contributed by atoms with Gasteiger partial charge in [-0.1, -0.05) is 0 Å². The molecule has 0 aliphatic carbocycles. The molecule has 0 saturated carbocycles. The maximum absolute atomic E-state index is 11.5. The third-order valence-electron chi connectivity index (χ3n) is 1.88. The molecule has 1 aromatic heterocycles. The van der Waals surface area contributed by atoms with Gasteiger partial charge < -0.3 is 5.11 Å². The second kappa shape index (κ2) is 5.46. The lowest BCUT2D eigenvalue weighted by Gasteiger charge is -2.08. The van der Waals surface area contributed by atoms with Crippen molar-refractivity contribution < 1.29 is 18.3 Å². The molecule has 2 N–H and O–H groups in total. The molecule has 1 heterocycles. The Labute approximate surface area is 107 Å². The van der Waals surface area contributed by atoms with Crippen LogP contribution in [0, 0.1) is 6.92 Å². The zero-order valence-electron chi connectivity index (χ0n) is 8.97. The Balaban J connectivity index is 2.79. The Morgan fingerprint density at radius 2 is 2.24 bits per heavy atom. The zero-order chi connectivity index (χ0) is 13.1. The molecule has 1 aromatic rings. The molecule has 0 bridgehead atoms. The molecule has 0 unspecified atom stereocenters. The Hall–Kier alpha value is -1.15. The summed E-state index contributed by atoms with van der Waals surface area (Å²) < 4.78 is 26.0. The molecule has 0 spiro atoms. The topological polar surface area (TPSA) is 96.4 Å². The van der Waals surface area contributed by atoms with E-state index in [1.54, 1.807) is 13.0 Å². The molecule has 6 nitrogen and oxygen atoms in total. The van der Waals surface area contributed by atoms with Crippen LogP contribution in [0.2, 0.25) is 0 Å². The number of nitrogens with one attached hydrogen (secondary N) is 1. The maximum Gasteiger partial charge on any atom is 0.304 e. The molecule has 0 aliphatic heterocycles. The summed E-state index contributed by atoms with van der Waals surface area (Å²) in [6, 6.07) is 1.71. The predicted octanol–water partition coefficient (Wildman–Crippen LogP) is 1.37. The summed E-state index contributed by atoms with van der Waals surface area (Å²) in [6.07, 6.45) is 1.02. The van der Waals surface area contributed by atoms with Crippen LogP contribution in [0.1, 0.15) is 12.0 Å². The van der Waals surface area contributed by atoms with Gasteiger partial charge in [-0.05, 0) is 34.5 Å². The standard InChI is InChI=1S/C9H11BrN2O4S/c1-6-4-7(10)5-11-9(6)12-17(15,16)3-2-8(13)14/h4-5H,2-3H2,1H3,(H,11,12)(H,13,14). The second-order valence-corrected chi connectivity index (χ2v) is 6.14. The number of carboxylic acids is 1. The van der Waals surface area contributed by atoms with E-state index in [0.717, 1.165) is 4.47 Å². The van der Waals surface area contributed by atoms with Crippen LogP contribution < -0.4 is 4.72 Å². The van der Waals surface area contributed by atoms with Crippen molar-refractivity contribution in [2.75, 3.05) is 10.5 Å². The molecule has 0 atom stereocenters. The minimum atomic E-state index is -3.67. The van der Waals surface area contributed by atoms with Gasteiger partial charge in [-0.25, -0.2) is 13.4 Å². The van der Waals surface area contributed by atoms with E-state index in [0.29, 0.717) is 5.56 Å². The fraction of sp³-hybridized carbons (Fsp3) is 0.333. The fourth-order valence-corrected chi connectivity index (χ4v) is 2.57. The van der Waals surface area contributed by atoms with E-state index in [2.05, 4.69) is 25.6 Å².